The first-order valence-electron chi connectivity index (χ1n) is 11.1. The Morgan fingerprint density at radius 1 is 1.12 bits per heavy atom. The van der Waals surface area contributed by atoms with Crippen LogP contribution in [0.25, 0.3) is 38.9 Å². The number of rotatable bonds is 3. The Hall–Kier alpha value is -3.56. The van der Waals surface area contributed by atoms with E-state index in [-0.39, 0.29) is 11.5 Å². The van der Waals surface area contributed by atoms with Gasteiger partial charge in [0.1, 0.15) is 5.65 Å². The van der Waals surface area contributed by atoms with E-state index in [0.717, 1.165) is 59.5 Å². The van der Waals surface area contributed by atoms with Crippen molar-refractivity contribution >= 4 is 44.6 Å². The molecule has 0 amide bonds. The van der Waals surface area contributed by atoms with Crippen LogP contribution in [0.1, 0.15) is 31.0 Å². The van der Waals surface area contributed by atoms with Gasteiger partial charge in [-0.3, -0.25) is 4.79 Å². The van der Waals surface area contributed by atoms with Crippen molar-refractivity contribution in [1.82, 2.24) is 14.5 Å². The van der Waals surface area contributed by atoms with E-state index in [9.17, 15) is 10.1 Å². The second-order valence-corrected chi connectivity index (χ2v) is 8.94. The van der Waals surface area contributed by atoms with Gasteiger partial charge in [-0.1, -0.05) is 18.7 Å². The number of aromatic amines is 1. The SMILES string of the molecule is C=Cc1cc2c(=O)c3c4ccc(C#N)cc4[nH]c3n(C(C)C)c2cc1N1CCN(C)CC1. The molecule has 3 heterocycles. The monoisotopic (exact) mass is 425 g/mol. The molecule has 1 aliphatic heterocycles. The minimum atomic E-state index is 0.0101. The molecule has 32 heavy (non-hydrogen) atoms. The van der Waals surface area contributed by atoms with Crippen LogP contribution < -0.4 is 10.3 Å². The molecule has 0 atom stereocenters. The maximum absolute atomic E-state index is 13.7. The molecule has 2 aromatic carbocycles. The van der Waals surface area contributed by atoms with Gasteiger partial charge < -0.3 is 19.4 Å². The van der Waals surface area contributed by atoms with E-state index in [2.05, 4.69) is 59.0 Å². The van der Waals surface area contributed by atoms with Crippen molar-refractivity contribution < 1.29 is 0 Å². The van der Waals surface area contributed by atoms with Gasteiger partial charge in [-0.25, -0.2) is 0 Å². The second kappa shape index (κ2) is 7.54. The number of pyridine rings is 1. The van der Waals surface area contributed by atoms with Crippen molar-refractivity contribution in [2.75, 3.05) is 38.1 Å². The summed E-state index contributed by atoms with van der Waals surface area (Å²) in [6, 6.07) is 11.9. The fourth-order valence-corrected chi connectivity index (χ4v) is 4.91. The van der Waals surface area contributed by atoms with Crippen LogP contribution in [0.3, 0.4) is 0 Å². The Balaban J connectivity index is 1.87. The zero-order chi connectivity index (χ0) is 22.6. The summed E-state index contributed by atoms with van der Waals surface area (Å²) in [7, 11) is 2.15. The molecule has 1 fully saturated rings. The van der Waals surface area contributed by atoms with E-state index in [1.807, 2.05) is 24.3 Å². The zero-order valence-electron chi connectivity index (χ0n) is 18.8. The Morgan fingerprint density at radius 3 is 2.53 bits per heavy atom. The number of aromatic nitrogens is 2. The fraction of sp³-hybridized carbons (Fsp3) is 0.308. The highest BCUT2D eigenvalue weighted by Crippen LogP contribution is 2.33. The predicted octanol–water partition coefficient (Wildman–Crippen LogP) is 4.48. The first kappa shape index (κ1) is 20.3. The van der Waals surface area contributed by atoms with Gasteiger partial charge in [0.25, 0.3) is 0 Å². The molecule has 2 aromatic heterocycles. The number of fused-ring (bicyclic) bond motifs is 4. The highest BCUT2D eigenvalue weighted by Gasteiger charge is 2.22. The van der Waals surface area contributed by atoms with E-state index in [1.165, 1.54) is 0 Å². The van der Waals surface area contributed by atoms with Crippen LogP contribution >= 0.6 is 0 Å². The molecule has 162 valence electrons. The largest absolute Gasteiger partial charge is 0.368 e. The Kier molecular flexibility index (Phi) is 4.79. The van der Waals surface area contributed by atoms with Crippen molar-refractivity contribution in [3.8, 4) is 6.07 Å². The lowest BCUT2D eigenvalue weighted by atomic mass is 10.0. The summed E-state index contributed by atoms with van der Waals surface area (Å²) in [5, 5.41) is 11.5. The molecule has 0 aliphatic carbocycles. The van der Waals surface area contributed by atoms with E-state index >= 15 is 0 Å². The summed E-state index contributed by atoms with van der Waals surface area (Å²) < 4.78 is 2.21. The number of nitriles is 1. The van der Waals surface area contributed by atoms with E-state index in [0.29, 0.717) is 16.3 Å². The highest BCUT2D eigenvalue weighted by atomic mass is 16.1. The first-order valence-corrected chi connectivity index (χ1v) is 11.1. The van der Waals surface area contributed by atoms with Crippen LogP contribution in [0.2, 0.25) is 0 Å². The van der Waals surface area contributed by atoms with E-state index in [4.69, 9.17) is 0 Å². The van der Waals surface area contributed by atoms with E-state index < -0.39 is 0 Å². The number of nitrogens with one attached hydrogen (secondary N) is 1. The lowest BCUT2D eigenvalue weighted by Gasteiger charge is -2.35. The minimum absolute atomic E-state index is 0.0101. The van der Waals surface area contributed by atoms with Gasteiger partial charge in [0.05, 0.1) is 22.5 Å². The lowest BCUT2D eigenvalue weighted by molar-refractivity contribution is 0.313. The number of hydrogen-bond acceptors (Lipinski definition) is 4. The third-order valence-electron chi connectivity index (χ3n) is 6.61. The molecule has 4 aromatic rings. The van der Waals surface area contributed by atoms with Crippen LogP contribution in [0.5, 0.6) is 0 Å². The van der Waals surface area contributed by atoms with Crippen LogP contribution in [0.4, 0.5) is 5.69 Å². The summed E-state index contributed by atoms with van der Waals surface area (Å²) in [5.74, 6) is 0. The molecule has 0 unspecified atom stereocenters. The number of likely N-dealkylation sites (N-methyl/N-ethyl adjacent to an activating group) is 1. The number of anilines is 1. The molecular formula is C26H27N5O. The fourth-order valence-electron chi connectivity index (χ4n) is 4.91. The van der Waals surface area contributed by atoms with Crippen molar-refractivity contribution in [3.05, 3.63) is 58.3 Å². The third kappa shape index (κ3) is 3.01. The maximum atomic E-state index is 13.7. The van der Waals surface area contributed by atoms with Gasteiger partial charge in [0.15, 0.2) is 5.43 Å². The molecular weight excluding hydrogens is 398 g/mol. The standard InChI is InChI=1S/C26H27N5O/c1-5-18-13-20-23(14-22(18)30-10-8-29(4)9-11-30)31(16(2)3)26-24(25(20)32)19-7-6-17(15-27)12-21(19)28-26/h5-7,12-14,16,28H,1,8-11H2,2-4H3. The number of hydrogen-bond donors (Lipinski definition) is 1. The summed E-state index contributed by atoms with van der Waals surface area (Å²) >= 11 is 0. The molecule has 5 rings (SSSR count). The number of nitrogens with zero attached hydrogens (tertiary/aromatic N) is 4. The topological polar surface area (TPSA) is 68.1 Å². The molecule has 0 spiro atoms. The molecule has 1 saturated heterocycles. The average Bonchev–Trinajstić information content (AvgIpc) is 3.17. The van der Waals surface area contributed by atoms with Gasteiger partial charge in [-0.2, -0.15) is 5.26 Å². The maximum Gasteiger partial charge on any atom is 0.199 e. The number of benzene rings is 2. The quantitative estimate of drug-likeness (QED) is 0.525. The molecule has 1 aliphatic rings. The van der Waals surface area contributed by atoms with Crippen LogP contribution in [0, 0.1) is 11.3 Å². The molecule has 0 radical (unpaired) electrons. The Bertz CT molecular complexity index is 1480. The first-order chi connectivity index (χ1) is 15.4. The van der Waals surface area contributed by atoms with Crippen molar-refractivity contribution in [1.29, 1.82) is 5.26 Å². The molecule has 6 heteroatoms. The molecule has 1 N–H and O–H groups in total. The normalized spacial score (nSPS) is 15.2. The van der Waals surface area contributed by atoms with Crippen molar-refractivity contribution in [3.63, 3.8) is 0 Å². The Morgan fingerprint density at radius 2 is 1.88 bits per heavy atom. The van der Waals surface area contributed by atoms with E-state index in [1.54, 1.807) is 6.07 Å². The summed E-state index contributed by atoms with van der Waals surface area (Å²) in [4.78, 5) is 21.9. The Labute approximate surface area is 187 Å². The average molecular weight is 426 g/mol. The minimum Gasteiger partial charge on any atom is -0.368 e. The van der Waals surface area contributed by atoms with Crippen molar-refractivity contribution in [2.24, 2.45) is 0 Å². The molecule has 0 saturated carbocycles. The zero-order valence-corrected chi connectivity index (χ0v) is 18.8. The van der Waals surface area contributed by atoms with Gasteiger partial charge in [0, 0.05) is 54.2 Å². The summed E-state index contributed by atoms with van der Waals surface area (Å²) in [6.45, 7) is 12.2. The van der Waals surface area contributed by atoms with Gasteiger partial charge in [-0.15, -0.1) is 0 Å². The van der Waals surface area contributed by atoms with Crippen LogP contribution in [-0.4, -0.2) is 47.7 Å². The molecule has 6 nitrogen and oxygen atoms in total. The smallest absolute Gasteiger partial charge is 0.199 e. The van der Waals surface area contributed by atoms with Gasteiger partial charge in [0.2, 0.25) is 0 Å². The van der Waals surface area contributed by atoms with Crippen LogP contribution in [0.15, 0.2) is 41.7 Å². The summed E-state index contributed by atoms with van der Waals surface area (Å²) in [5.41, 5.74) is 5.22. The molecule has 0 bridgehead atoms. The van der Waals surface area contributed by atoms with Gasteiger partial charge >= 0.3 is 0 Å². The number of piperazine rings is 1. The van der Waals surface area contributed by atoms with Crippen molar-refractivity contribution in [2.45, 2.75) is 19.9 Å². The van der Waals surface area contributed by atoms with Gasteiger partial charge in [-0.05, 0) is 50.7 Å². The highest BCUT2D eigenvalue weighted by molar-refractivity contribution is 6.10. The second-order valence-electron chi connectivity index (χ2n) is 8.94. The third-order valence-corrected chi connectivity index (χ3v) is 6.61. The lowest BCUT2D eigenvalue weighted by Crippen LogP contribution is -2.44. The van der Waals surface area contributed by atoms with Crippen LogP contribution in [-0.2, 0) is 0 Å². The predicted molar refractivity (Wildman–Crippen MR) is 132 cm³/mol. The number of H-pyrrole nitrogens is 1. The summed E-state index contributed by atoms with van der Waals surface area (Å²) in [6.07, 6.45) is 1.85.